The lowest BCUT2D eigenvalue weighted by Gasteiger charge is -2.01. The van der Waals surface area contributed by atoms with E-state index in [2.05, 4.69) is 20.1 Å². The Labute approximate surface area is 120 Å². The summed E-state index contributed by atoms with van der Waals surface area (Å²) in [6.45, 7) is 1.82. The smallest absolute Gasteiger partial charge is 0.253 e. The van der Waals surface area contributed by atoms with E-state index in [1.807, 2.05) is 25.1 Å². The molecule has 0 spiro atoms. The van der Waals surface area contributed by atoms with Crippen LogP contribution in [0.15, 0.2) is 30.5 Å². The van der Waals surface area contributed by atoms with Crippen LogP contribution in [0.2, 0.25) is 0 Å². The van der Waals surface area contributed by atoms with Crippen LogP contribution < -0.4 is 5.73 Å². The van der Waals surface area contributed by atoms with Gasteiger partial charge in [-0.1, -0.05) is 6.07 Å². The van der Waals surface area contributed by atoms with Crippen molar-refractivity contribution in [2.75, 3.05) is 0 Å². The highest BCUT2D eigenvalue weighted by Gasteiger charge is 2.13. The number of rotatable bonds is 2. The van der Waals surface area contributed by atoms with Crippen molar-refractivity contribution in [1.82, 2.24) is 24.6 Å². The number of nitrogens with one attached hydrogen (secondary N) is 1. The van der Waals surface area contributed by atoms with Crippen molar-refractivity contribution in [3.8, 4) is 11.5 Å². The lowest BCUT2D eigenvalue weighted by atomic mass is 10.3. The summed E-state index contributed by atoms with van der Waals surface area (Å²) in [5.41, 5.74) is 7.40. The van der Waals surface area contributed by atoms with Crippen LogP contribution in [-0.2, 0) is 0 Å². The molecule has 3 aromatic heterocycles. The SMILES string of the molecule is Cc1cc(C(=N)N)n2nc(-c3ccccn3)nc2n1.Cl. The molecule has 102 valence electrons. The molecule has 0 saturated heterocycles. The van der Waals surface area contributed by atoms with Crippen LogP contribution in [0.25, 0.3) is 17.3 Å². The zero-order chi connectivity index (χ0) is 13.4. The summed E-state index contributed by atoms with van der Waals surface area (Å²) in [5, 5.41) is 11.9. The highest BCUT2D eigenvalue weighted by Crippen LogP contribution is 2.13. The largest absolute Gasteiger partial charge is 0.382 e. The molecular weight excluding hydrogens is 278 g/mol. The van der Waals surface area contributed by atoms with Crippen LogP contribution in [0.1, 0.15) is 11.4 Å². The predicted molar refractivity (Wildman–Crippen MR) is 77.0 cm³/mol. The molecule has 3 aromatic rings. The van der Waals surface area contributed by atoms with E-state index in [0.717, 1.165) is 5.69 Å². The Hall–Kier alpha value is -2.54. The Kier molecular flexibility index (Phi) is 3.62. The van der Waals surface area contributed by atoms with Gasteiger partial charge in [-0.05, 0) is 25.1 Å². The summed E-state index contributed by atoms with van der Waals surface area (Å²) in [5.74, 6) is 0.792. The number of aryl methyl sites for hydroxylation is 1. The van der Waals surface area contributed by atoms with Crippen molar-refractivity contribution >= 4 is 24.0 Å². The van der Waals surface area contributed by atoms with Gasteiger partial charge >= 0.3 is 0 Å². The molecule has 3 rings (SSSR count). The number of nitrogens with zero attached hydrogens (tertiary/aromatic N) is 5. The van der Waals surface area contributed by atoms with E-state index < -0.39 is 0 Å². The van der Waals surface area contributed by atoms with Crippen LogP contribution >= 0.6 is 12.4 Å². The van der Waals surface area contributed by atoms with Gasteiger partial charge in [0.1, 0.15) is 17.2 Å². The number of hydrogen-bond acceptors (Lipinski definition) is 5. The molecule has 0 aliphatic heterocycles. The first kappa shape index (κ1) is 13.9. The normalized spacial score (nSPS) is 10.2. The van der Waals surface area contributed by atoms with Gasteiger partial charge in [-0.15, -0.1) is 17.5 Å². The Bertz CT molecular complexity index is 766. The fourth-order valence-electron chi connectivity index (χ4n) is 1.78. The van der Waals surface area contributed by atoms with Gasteiger partial charge in [-0.3, -0.25) is 10.4 Å². The molecule has 3 N–H and O–H groups in total. The predicted octanol–water partition coefficient (Wildman–Crippen LogP) is 1.20. The van der Waals surface area contributed by atoms with Crippen LogP contribution in [0.5, 0.6) is 0 Å². The monoisotopic (exact) mass is 289 g/mol. The molecule has 0 radical (unpaired) electrons. The topological polar surface area (TPSA) is 106 Å². The molecule has 0 aromatic carbocycles. The van der Waals surface area contributed by atoms with Crippen molar-refractivity contribution in [2.24, 2.45) is 5.73 Å². The molecule has 20 heavy (non-hydrogen) atoms. The maximum absolute atomic E-state index is 7.57. The molecule has 0 atom stereocenters. The van der Waals surface area contributed by atoms with E-state index >= 15 is 0 Å². The van der Waals surface area contributed by atoms with Gasteiger partial charge in [-0.2, -0.15) is 9.50 Å². The van der Waals surface area contributed by atoms with Crippen LogP contribution in [-0.4, -0.2) is 30.4 Å². The summed E-state index contributed by atoms with van der Waals surface area (Å²) in [6, 6.07) is 7.20. The first-order chi connectivity index (χ1) is 9.15. The molecular formula is C12H12ClN7. The molecule has 0 aliphatic rings. The average molecular weight is 290 g/mol. The van der Waals surface area contributed by atoms with E-state index in [9.17, 15) is 0 Å². The van der Waals surface area contributed by atoms with Gasteiger partial charge in [0, 0.05) is 11.9 Å². The van der Waals surface area contributed by atoms with E-state index in [1.54, 1.807) is 12.3 Å². The number of fused-ring (bicyclic) bond motifs is 1. The second-order valence-electron chi connectivity index (χ2n) is 4.06. The highest BCUT2D eigenvalue weighted by atomic mass is 35.5. The number of nitrogen functional groups attached to an aromatic ring is 1. The quantitative estimate of drug-likeness (QED) is 0.545. The molecule has 0 bridgehead atoms. The number of halogens is 1. The molecule has 0 fully saturated rings. The number of nitrogens with two attached hydrogens (primary N) is 1. The van der Waals surface area contributed by atoms with Gasteiger partial charge in [0.05, 0.1) is 0 Å². The Morgan fingerprint density at radius 1 is 1.30 bits per heavy atom. The lowest BCUT2D eigenvalue weighted by molar-refractivity contribution is 0.913. The van der Waals surface area contributed by atoms with Crippen LogP contribution in [0, 0.1) is 12.3 Å². The maximum atomic E-state index is 7.57. The summed E-state index contributed by atoms with van der Waals surface area (Å²) >= 11 is 0. The first-order valence-electron chi connectivity index (χ1n) is 5.65. The number of amidine groups is 1. The molecule has 0 aliphatic carbocycles. The molecule has 0 saturated carbocycles. The second kappa shape index (κ2) is 5.22. The Morgan fingerprint density at radius 3 is 2.75 bits per heavy atom. The third-order valence-corrected chi connectivity index (χ3v) is 2.61. The van der Waals surface area contributed by atoms with E-state index in [-0.39, 0.29) is 18.2 Å². The Balaban J connectivity index is 0.00000147. The molecule has 0 unspecified atom stereocenters. The Morgan fingerprint density at radius 2 is 2.10 bits per heavy atom. The van der Waals surface area contributed by atoms with E-state index in [4.69, 9.17) is 11.1 Å². The average Bonchev–Trinajstić information content (AvgIpc) is 2.82. The first-order valence-corrected chi connectivity index (χ1v) is 5.65. The number of hydrogen-bond donors (Lipinski definition) is 2. The lowest BCUT2D eigenvalue weighted by Crippen LogP contribution is -2.17. The maximum Gasteiger partial charge on any atom is 0.253 e. The fraction of sp³-hybridized carbons (Fsp3) is 0.0833. The minimum absolute atomic E-state index is 0. The van der Waals surface area contributed by atoms with Crippen molar-refractivity contribution in [3.05, 3.63) is 41.9 Å². The minimum atomic E-state index is -0.0760. The summed E-state index contributed by atoms with van der Waals surface area (Å²) in [4.78, 5) is 12.8. The van der Waals surface area contributed by atoms with E-state index in [1.165, 1.54) is 4.52 Å². The van der Waals surface area contributed by atoms with Crippen LogP contribution in [0.4, 0.5) is 0 Å². The van der Waals surface area contributed by atoms with Gasteiger partial charge in [-0.25, -0.2) is 4.98 Å². The third kappa shape index (κ3) is 2.30. The molecule has 7 nitrogen and oxygen atoms in total. The van der Waals surface area contributed by atoms with Crippen molar-refractivity contribution in [3.63, 3.8) is 0 Å². The molecule has 3 heterocycles. The molecule has 8 heteroatoms. The third-order valence-electron chi connectivity index (χ3n) is 2.61. The standard InChI is InChI=1S/C12H11N7.ClH/c1-7-6-9(10(13)14)19-12(16-7)17-11(18-19)8-4-2-3-5-15-8;/h2-6H,1H3,(H3,13,14);1H. The van der Waals surface area contributed by atoms with Gasteiger partial charge < -0.3 is 5.73 Å². The van der Waals surface area contributed by atoms with Crippen molar-refractivity contribution < 1.29 is 0 Å². The highest BCUT2D eigenvalue weighted by molar-refractivity contribution is 5.93. The minimum Gasteiger partial charge on any atom is -0.382 e. The van der Waals surface area contributed by atoms with Crippen LogP contribution in [0.3, 0.4) is 0 Å². The van der Waals surface area contributed by atoms with Crippen molar-refractivity contribution in [2.45, 2.75) is 6.92 Å². The zero-order valence-electron chi connectivity index (χ0n) is 10.6. The zero-order valence-corrected chi connectivity index (χ0v) is 11.4. The molecule has 0 amide bonds. The fourth-order valence-corrected chi connectivity index (χ4v) is 1.78. The van der Waals surface area contributed by atoms with Gasteiger partial charge in [0.15, 0.2) is 0 Å². The number of pyridine rings is 1. The van der Waals surface area contributed by atoms with Gasteiger partial charge in [0.2, 0.25) is 5.82 Å². The van der Waals surface area contributed by atoms with Gasteiger partial charge in [0.25, 0.3) is 5.78 Å². The summed E-state index contributed by atoms with van der Waals surface area (Å²) in [6.07, 6.45) is 1.67. The second-order valence-corrected chi connectivity index (χ2v) is 4.06. The van der Waals surface area contributed by atoms with Crippen molar-refractivity contribution in [1.29, 1.82) is 5.41 Å². The van der Waals surface area contributed by atoms with E-state index in [0.29, 0.717) is 23.0 Å². The summed E-state index contributed by atoms with van der Waals surface area (Å²) in [7, 11) is 0. The summed E-state index contributed by atoms with van der Waals surface area (Å²) < 4.78 is 1.46. The number of aromatic nitrogens is 5.